The normalized spacial score (nSPS) is 13.5. The molecule has 9 heteroatoms. The Morgan fingerprint density at radius 3 is 2.76 bits per heavy atom. The van der Waals surface area contributed by atoms with E-state index in [0.29, 0.717) is 40.1 Å². The minimum Gasteiger partial charge on any atom is -0.489 e. The summed E-state index contributed by atoms with van der Waals surface area (Å²) in [4.78, 5) is 6.67. The van der Waals surface area contributed by atoms with E-state index in [0.717, 1.165) is 16.9 Å². The number of nitrogens with zero attached hydrogens (tertiary/aromatic N) is 3. The average molecular weight is 477 g/mol. The van der Waals surface area contributed by atoms with Gasteiger partial charge >= 0.3 is 0 Å². The van der Waals surface area contributed by atoms with Crippen molar-refractivity contribution in [3.63, 3.8) is 0 Å². The van der Waals surface area contributed by atoms with Crippen molar-refractivity contribution < 1.29 is 13.3 Å². The highest BCUT2D eigenvalue weighted by Gasteiger charge is 2.23. The van der Waals surface area contributed by atoms with Gasteiger partial charge in [0, 0.05) is 17.6 Å². The Hall–Kier alpha value is -3.74. The second-order valence-corrected chi connectivity index (χ2v) is 9.30. The second-order valence-electron chi connectivity index (χ2n) is 7.19. The average Bonchev–Trinajstić information content (AvgIpc) is 3.36. The highest BCUT2D eigenvalue weighted by molar-refractivity contribution is 7.86. The zero-order valence-corrected chi connectivity index (χ0v) is 18.8. The molecule has 5 rings (SSSR count). The van der Waals surface area contributed by atoms with Crippen molar-refractivity contribution in [1.82, 2.24) is 4.98 Å². The SMILES string of the molecule is N#Cc1cc(-c2cccc(F)c2)ccc1N1CCOc2cc(S(=O)Nc3nccs3)ccc21. The van der Waals surface area contributed by atoms with Gasteiger partial charge < -0.3 is 9.64 Å². The lowest BCUT2D eigenvalue weighted by atomic mass is 10.0. The Morgan fingerprint density at radius 2 is 1.97 bits per heavy atom. The molecule has 6 nitrogen and oxygen atoms in total. The molecule has 1 aliphatic rings. The van der Waals surface area contributed by atoms with E-state index in [4.69, 9.17) is 4.74 Å². The number of thiazole rings is 1. The predicted molar refractivity (Wildman–Crippen MR) is 128 cm³/mol. The van der Waals surface area contributed by atoms with E-state index in [1.54, 1.807) is 35.8 Å². The van der Waals surface area contributed by atoms with Gasteiger partial charge in [-0.3, -0.25) is 4.72 Å². The number of halogens is 1. The first kappa shape index (κ1) is 21.1. The number of hydrogen-bond acceptors (Lipinski definition) is 6. The first-order chi connectivity index (χ1) is 16.1. The lowest BCUT2D eigenvalue weighted by Crippen LogP contribution is -2.29. The summed E-state index contributed by atoms with van der Waals surface area (Å²) in [5.41, 5.74) is 3.47. The number of fused-ring (bicyclic) bond motifs is 1. The van der Waals surface area contributed by atoms with Crippen LogP contribution in [0, 0.1) is 17.1 Å². The van der Waals surface area contributed by atoms with Crippen molar-refractivity contribution in [2.75, 3.05) is 22.8 Å². The first-order valence-electron chi connectivity index (χ1n) is 10.0. The molecule has 2 heterocycles. The molecule has 164 valence electrons. The lowest BCUT2D eigenvalue weighted by molar-refractivity contribution is 0.313. The van der Waals surface area contributed by atoms with Gasteiger partial charge in [0.25, 0.3) is 0 Å². The molecular formula is C24H17FN4O2S2. The van der Waals surface area contributed by atoms with Gasteiger partial charge in [-0.2, -0.15) is 5.26 Å². The van der Waals surface area contributed by atoms with E-state index in [-0.39, 0.29) is 5.82 Å². The highest BCUT2D eigenvalue weighted by atomic mass is 32.2. The smallest absolute Gasteiger partial charge is 0.194 e. The topological polar surface area (TPSA) is 78.2 Å². The van der Waals surface area contributed by atoms with Crippen LogP contribution in [0.25, 0.3) is 11.1 Å². The molecule has 1 unspecified atom stereocenters. The minimum absolute atomic E-state index is 0.324. The second kappa shape index (κ2) is 9.02. The third-order valence-corrected chi connectivity index (χ3v) is 7.07. The molecule has 1 atom stereocenters. The summed E-state index contributed by atoms with van der Waals surface area (Å²) in [5, 5.41) is 12.2. The van der Waals surface area contributed by atoms with Crippen LogP contribution in [-0.4, -0.2) is 22.3 Å². The van der Waals surface area contributed by atoms with Crippen LogP contribution in [0.5, 0.6) is 5.75 Å². The van der Waals surface area contributed by atoms with Crippen LogP contribution in [0.2, 0.25) is 0 Å². The van der Waals surface area contributed by atoms with Gasteiger partial charge in [-0.25, -0.2) is 13.6 Å². The monoisotopic (exact) mass is 476 g/mol. The van der Waals surface area contributed by atoms with E-state index in [2.05, 4.69) is 15.8 Å². The number of benzene rings is 3. The van der Waals surface area contributed by atoms with E-state index in [1.807, 2.05) is 29.2 Å². The number of hydrogen-bond donors (Lipinski definition) is 1. The summed E-state index contributed by atoms with van der Waals surface area (Å²) >= 11 is 1.37. The van der Waals surface area contributed by atoms with E-state index < -0.39 is 11.0 Å². The molecule has 0 amide bonds. The van der Waals surface area contributed by atoms with Gasteiger partial charge in [0.15, 0.2) is 16.1 Å². The van der Waals surface area contributed by atoms with Crippen molar-refractivity contribution in [1.29, 1.82) is 5.26 Å². The van der Waals surface area contributed by atoms with Crippen LogP contribution in [0.15, 0.2) is 77.1 Å². The third kappa shape index (κ3) is 4.31. The maximum Gasteiger partial charge on any atom is 0.194 e. The molecule has 1 aliphatic heterocycles. The third-order valence-electron chi connectivity index (χ3n) is 5.19. The number of ether oxygens (including phenoxy) is 1. The van der Waals surface area contributed by atoms with Gasteiger partial charge in [-0.05, 0) is 47.5 Å². The fourth-order valence-electron chi connectivity index (χ4n) is 3.69. The molecule has 3 aromatic carbocycles. The molecule has 0 fully saturated rings. The number of anilines is 3. The fraction of sp³-hybridized carbons (Fsp3) is 0.0833. The Labute approximate surface area is 196 Å². The van der Waals surface area contributed by atoms with Crippen molar-refractivity contribution in [2.45, 2.75) is 4.90 Å². The quantitative estimate of drug-likeness (QED) is 0.412. The van der Waals surface area contributed by atoms with Crippen molar-refractivity contribution in [2.24, 2.45) is 0 Å². The summed E-state index contributed by atoms with van der Waals surface area (Å²) in [7, 11) is -1.48. The summed E-state index contributed by atoms with van der Waals surface area (Å²) in [6.45, 7) is 0.973. The molecule has 0 saturated heterocycles. The van der Waals surface area contributed by atoms with Gasteiger partial charge in [-0.15, -0.1) is 11.3 Å². The number of nitrogens with one attached hydrogen (secondary N) is 1. The molecule has 0 radical (unpaired) electrons. The fourth-order valence-corrected chi connectivity index (χ4v) is 5.21. The zero-order chi connectivity index (χ0) is 22.8. The standard InChI is InChI=1S/C24H17FN4O2S2/c25-19-3-1-2-16(13-19)17-4-6-21(18(12-17)15-26)29-9-10-31-23-14-20(5-7-22(23)29)33(30)28-24-27-8-11-32-24/h1-8,11-14H,9-10H2,(H,27,28). The van der Waals surface area contributed by atoms with Crippen molar-refractivity contribution in [3.05, 3.63) is 83.6 Å². The van der Waals surface area contributed by atoms with Gasteiger partial charge in [0.1, 0.15) is 24.2 Å². The number of aromatic nitrogens is 1. The number of nitriles is 1. The predicted octanol–water partition coefficient (Wildman–Crippen LogP) is 5.49. The van der Waals surface area contributed by atoms with Crippen LogP contribution in [0.4, 0.5) is 20.9 Å². The molecule has 0 saturated carbocycles. The maximum atomic E-state index is 13.6. The molecule has 4 aromatic rings. The largest absolute Gasteiger partial charge is 0.489 e. The van der Waals surface area contributed by atoms with E-state index in [9.17, 15) is 13.9 Å². The van der Waals surface area contributed by atoms with E-state index >= 15 is 0 Å². The summed E-state index contributed by atoms with van der Waals surface area (Å²) in [6, 6.07) is 19.4. The Morgan fingerprint density at radius 1 is 1.12 bits per heavy atom. The molecule has 0 bridgehead atoms. The van der Waals surface area contributed by atoms with Crippen LogP contribution in [0.3, 0.4) is 0 Å². The van der Waals surface area contributed by atoms with Crippen LogP contribution < -0.4 is 14.4 Å². The van der Waals surface area contributed by atoms with Crippen LogP contribution in [-0.2, 0) is 11.0 Å². The van der Waals surface area contributed by atoms with Gasteiger partial charge in [0.2, 0.25) is 0 Å². The lowest BCUT2D eigenvalue weighted by Gasteiger charge is -2.32. The van der Waals surface area contributed by atoms with Crippen molar-refractivity contribution in [3.8, 4) is 22.9 Å². The summed E-state index contributed by atoms with van der Waals surface area (Å²) < 4.78 is 35.0. The number of rotatable bonds is 5. The maximum absolute atomic E-state index is 13.6. The first-order valence-corrected chi connectivity index (χ1v) is 12.1. The zero-order valence-electron chi connectivity index (χ0n) is 17.2. The molecular weight excluding hydrogens is 459 g/mol. The minimum atomic E-state index is -1.48. The molecule has 1 N–H and O–H groups in total. The van der Waals surface area contributed by atoms with Crippen molar-refractivity contribution >= 4 is 38.8 Å². The Kier molecular flexibility index (Phi) is 5.77. The van der Waals surface area contributed by atoms with Gasteiger partial charge in [0.05, 0.1) is 28.4 Å². The highest BCUT2D eigenvalue weighted by Crippen LogP contribution is 2.40. The summed E-state index contributed by atoms with van der Waals surface area (Å²) in [5.74, 6) is 0.265. The van der Waals surface area contributed by atoms with Gasteiger partial charge in [-0.1, -0.05) is 18.2 Å². The molecule has 33 heavy (non-hydrogen) atoms. The van der Waals surface area contributed by atoms with Crippen LogP contribution >= 0.6 is 11.3 Å². The molecule has 0 spiro atoms. The summed E-state index contributed by atoms with van der Waals surface area (Å²) in [6.07, 6.45) is 1.64. The Balaban J connectivity index is 1.46. The molecule has 1 aromatic heterocycles. The Bertz CT molecular complexity index is 1390. The molecule has 0 aliphatic carbocycles. The van der Waals surface area contributed by atoms with E-state index in [1.165, 1.54) is 23.5 Å². The van der Waals surface area contributed by atoms with Crippen LogP contribution in [0.1, 0.15) is 5.56 Å².